The molecule has 1 atom stereocenters. The number of ether oxygens (including phenoxy) is 2. The fourth-order valence-corrected chi connectivity index (χ4v) is 2.73. The molecule has 6 heteroatoms. The van der Waals surface area contributed by atoms with E-state index >= 15 is 0 Å². The van der Waals surface area contributed by atoms with Crippen LogP contribution in [0.4, 0.5) is 0 Å². The van der Waals surface area contributed by atoms with E-state index < -0.39 is 0 Å². The van der Waals surface area contributed by atoms with Gasteiger partial charge in [-0.15, -0.1) is 0 Å². The first-order valence-corrected chi connectivity index (χ1v) is 8.63. The Morgan fingerprint density at radius 1 is 1.08 bits per heavy atom. The molecule has 2 N–H and O–H groups in total. The van der Waals surface area contributed by atoms with Gasteiger partial charge in [-0.05, 0) is 43.5 Å². The molecule has 2 aromatic carbocycles. The fraction of sp³-hybridized carbons (Fsp3) is 0.300. The van der Waals surface area contributed by atoms with Gasteiger partial charge in [-0.25, -0.2) is 0 Å². The van der Waals surface area contributed by atoms with Crippen LogP contribution in [0.2, 0.25) is 0 Å². The van der Waals surface area contributed by atoms with Gasteiger partial charge in [0.2, 0.25) is 12.7 Å². The maximum absolute atomic E-state index is 12.2. The highest BCUT2D eigenvalue weighted by Crippen LogP contribution is 2.32. The number of nitrogens with one attached hydrogen (secondary N) is 2. The number of benzene rings is 2. The lowest BCUT2D eigenvalue weighted by molar-refractivity contribution is -0.120. The molecule has 1 heterocycles. The summed E-state index contributed by atoms with van der Waals surface area (Å²) < 4.78 is 10.5. The smallest absolute Gasteiger partial charge is 0.251 e. The molecule has 136 valence electrons. The second-order valence-corrected chi connectivity index (χ2v) is 6.24. The van der Waals surface area contributed by atoms with Crippen molar-refractivity contribution in [1.82, 2.24) is 10.6 Å². The lowest BCUT2D eigenvalue weighted by atomic mass is 10.1. The minimum Gasteiger partial charge on any atom is -0.454 e. The van der Waals surface area contributed by atoms with Gasteiger partial charge in [-0.3, -0.25) is 9.59 Å². The molecule has 6 nitrogen and oxygen atoms in total. The van der Waals surface area contributed by atoms with Crippen molar-refractivity contribution in [3.05, 3.63) is 59.7 Å². The lowest BCUT2D eigenvalue weighted by Crippen LogP contribution is -2.41. The molecular weight excluding hydrogens is 332 g/mol. The molecule has 0 spiro atoms. The van der Waals surface area contributed by atoms with Crippen LogP contribution in [0.15, 0.2) is 48.5 Å². The lowest BCUT2D eigenvalue weighted by Gasteiger charge is -2.14. The van der Waals surface area contributed by atoms with Crippen molar-refractivity contribution in [2.75, 3.05) is 13.3 Å². The summed E-state index contributed by atoms with van der Waals surface area (Å²) in [6.07, 6.45) is 1.73. The van der Waals surface area contributed by atoms with Crippen LogP contribution in [0.3, 0.4) is 0 Å². The SMILES string of the molecule is CC(CCc1ccccc1)NC(=O)CNC(=O)c1ccc2c(c1)OCO2. The zero-order valence-electron chi connectivity index (χ0n) is 14.7. The molecule has 0 aliphatic carbocycles. The van der Waals surface area contributed by atoms with Crippen LogP contribution in [0.1, 0.15) is 29.3 Å². The summed E-state index contributed by atoms with van der Waals surface area (Å²) in [4.78, 5) is 24.2. The van der Waals surface area contributed by atoms with Crippen LogP contribution in [-0.4, -0.2) is 31.2 Å². The van der Waals surface area contributed by atoms with Crippen molar-refractivity contribution in [1.29, 1.82) is 0 Å². The van der Waals surface area contributed by atoms with E-state index in [4.69, 9.17) is 9.47 Å². The number of fused-ring (bicyclic) bond motifs is 1. The van der Waals surface area contributed by atoms with Crippen molar-refractivity contribution >= 4 is 11.8 Å². The Morgan fingerprint density at radius 2 is 1.85 bits per heavy atom. The topological polar surface area (TPSA) is 76.7 Å². The molecule has 26 heavy (non-hydrogen) atoms. The maximum Gasteiger partial charge on any atom is 0.251 e. The highest BCUT2D eigenvalue weighted by atomic mass is 16.7. The van der Waals surface area contributed by atoms with Crippen molar-refractivity contribution in [3.8, 4) is 11.5 Å². The molecule has 3 rings (SSSR count). The van der Waals surface area contributed by atoms with Gasteiger partial charge in [0.15, 0.2) is 11.5 Å². The number of aryl methyl sites for hydroxylation is 1. The third-order valence-corrected chi connectivity index (χ3v) is 4.16. The number of carbonyl (C=O) groups is 2. The second-order valence-electron chi connectivity index (χ2n) is 6.24. The molecule has 0 aromatic heterocycles. The number of hydrogen-bond acceptors (Lipinski definition) is 4. The molecule has 0 bridgehead atoms. The summed E-state index contributed by atoms with van der Waals surface area (Å²) in [5.41, 5.74) is 1.67. The number of amides is 2. The minimum atomic E-state index is -0.324. The van der Waals surface area contributed by atoms with Gasteiger partial charge in [0, 0.05) is 11.6 Å². The standard InChI is InChI=1S/C20H22N2O4/c1-14(7-8-15-5-3-2-4-6-15)22-19(23)12-21-20(24)16-9-10-17-18(11-16)26-13-25-17/h2-6,9-11,14H,7-8,12-13H2,1H3,(H,21,24)(H,22,23). The predicted molar refractivity (Wildman–Crippen MR) is 97.3 cm³/mol. The molecule has 0 fully saturated rings. The monoisotopic (exact) mass is 354 g/mol. The van der Waals surface area contributed by atoms with Crippen molar-refractivity contribution < 1.29 is 19.1 Å². The molecule has 1 aliphatic rings. The van der Waals surface area contributed by atoms with Crippen LogP contribution in [-0.2, 0) is 11.2 Å². The Bertz CT molecular complexity index is 777. The van der Waals surface area contributed by atoms with E-state index in [1.165, 1.54) is 5.56 Å². The van der Waals surface area contributed by atoms with E-state index in [-0.39, 0.29) is 31.2 Å². The zero-order valence-corrected chi connectivity index (χ0v) is 14.7. The molecule has 0 saturated carbocycles. The van der Waals surface area contributed by atoms with E-state index in [9.17, 15) is 9.59 Å². The van der Waals surface area contributed by atoms with Gasteiger partial charge in [-0.1, -0.05) is 30.3 Å². The Kier molecular flexibility index (Phi) is 5.73. The average Bonchev–Trinajstić information content (AvgIpc) is 3.13. The summed E-state index contributed by atoms with van der Waals surface area (Å²) in [6, 6.07) is 15.1. The van der Waals surface area contributed by atoms with E-state index in [2.05, 4.69) is 22.8 Å². The molecule has 2 amide bonds. The number of carbonyl (C=O) groups excluding carboxylic acids is 2. The first-order valence-electron chi connectivity index (χ1n) is 8.63. The van der Waals surface area contributed by atoms with Crippen molar-refractivity contribution in [2.45, 2.75) is 25.8 Å². The first-order chi connectivity index (χ1) is 12.6. The van der Waals surface area contributed by atoms with Crippen LogP contribution >= 0.6 is 0 Å². The Morgan fingerprint density at radius 3 is 2.65 bits per heavy atom. The van der Waals surface area contributed by atoms with Gasteiger partial charge < -0.3 is 20.1 Å². The highest BCUT2D eigenvalue weighted by molar-refractivity contribution is 5.97. The Hall–Kier alpha value is -3.02. The molecule has 0 radical (unpaired) electrons. The summed E-state index contributed by atoms with van der Waals surface area (Å²) >= 11 is 0. The molecule has 2 aromatic rings. The van der Waals surface area contributed by atoms with E-state index in [1.807, 2.05) is 25.1 Å². The Labute approximate surface area is 152 Å². The van der Waals surface area contributed by atoms with E-state index in [0.29, 0.717) is 17.1 Å². The van der Waals surface area contributed by atoms with Crippen LogP contribution in [0.25, 0.3) is 0 Å². The molecule has 1 aliphatic heterocycles. The summed E-state index contributed by atoms with van der Waals surface area (Å²) in [5, 5.41) is 5.52. The van der Waals surface area contributed by atoms with Gasteiger partial charge in [-0.2, -0.15) is 0 Å². The molecule has 0 saturated heterocycles. The summed E-state index contributed by atoms with van der Waals surface area (Å²) in [5.74, 6) is 0.623. The van der Waals surface area contributed by atoms with E-state index in [0.717, 1.165) is 12.8 Å². The van der Waals surface area contributed by atoms with Gasteiger partial charge in [0.05, 0.1) is 6.54 Å². The third-order valence-electron chi connectivity index (χ3n) is 4.16. The molecular formula is C20H22N2O4. The van der Waals surface area contributed by atoms with E-state index in [1.54, 1.807) is 18.2 Å². The average molecular weight is 354 g/mol. The summed E-state index contributed by atoms with van der Waals surface area (Å²) in [6.45, 7) is 2.05. The zero-order chi connectivity index (χ0) is 18.4. The normalized spacial score (nSPS) is 13.1. The van der Waals surface area contributed by atoms with Crippen LogP contribution in [0.5, 0.6) is 11.5 Å². The third kappa shape index (κ3) is 4.75. The molecule has 1 unspecified atom stereocenters. The van der Waals surface area contributed by atoms with Crippen LogP contribution in [0, 0.1) is 0 Å². The van der Waals surface area contributed by atoms with Gasteiger partial charge >= 0.3 is 0 Å². The maximum atomic E-state index is 12.2. The quantitative estimate of drug-likeness (QED) is 0.800. The van der Waals surface area contributed by atoms with Crippen LogP contribution < -0.4 is 20.1 Å². The highest BCUT2D eigenvalue weighted by Gasteiger charge is 2.17. The largest absolute Gasteiger partial charge is 0.454 e. The number of hydrogen-bond donors (Lipinski definition) is 2. The minimum absolute atomic E-state index is 0.0325. The van der Waals surface area contributed by atoms with Crippen molar-refractivity contribution in [3.63, 3.8) is 0 Å². The van der Waals surface area contributed by atoms with Crippen molar-refractivity contribution in [2.24, 2.45) is 0 Å². The summed E-state index contributed by atoms with van der Waals surface area (Å²) in [7, 11) is 0. The fourth-order valence-electron chi connectivity index (χ4n) is 2.73. The Balaban J connectivity index is 1.41. The number of rotatable bonds is 7. The van der Waals surface area contributed by atoms with Gasteiger partial charge in [0.25, 0.3) is 5.91 Å². The first kappa shape index (κ1) is 17.8. The predicted octanol–water partition coefficient (Wildman–Crippen LogP) is 2.28. The second kappa shape index (κ2) is 8.38. The van der Waals surface area contributed by atoms with Gasteiger partial charge in [0.1, 0.15) is 0 Å².